The summed E-state index contributed by atoms with van der Waals surface area (Å²) in [6, 6.07) is 17.5. The molecule has 0 unspecified atom stereocenters. The van der Waals surface area contributed by atoms with E-state index in [1.807, 2.05) is 6.07 Å². The van der Waals surface area contributed by atoms with E-state index in [2.05, 4.69) is 34.5 Å². The first-order chi connectivity index (χ1) is 13.1. The molecule has 0 spiro atoms. The van der Waals surface area contributed by atoms with Gasteiger partial charge in [0.05, 0.1) is 0 Å². The molecule has 0 atom stereocenters. The van der Waals surface area contributed by atoms with Gasteiger partial charge in [0, 0.05) is 31.2 Å². The van der Waals surface area contributed by atoms with Crippen LogP contribution in [0.3, 0.4) is 0 Å². The van der Waals surface area contributed by atoms with Gasteiger partial charge in [-0.05, 0) is 49.6 Å². The van der Waals surface area contributed by atoms with Gasteiger partial charge in [0.15, 0.2) is 12.4 Å². The highest BCUT2D eigenvalue weighted by Gasteiger charge is 2.20. The normalized spacial score (nSPS) is 15.3. The molecule has 0 aliphatic carbocycles. The summed E-state index contributed by atoms with van der Waals surface area (Å²) in [6.45, 7) is 4.43. The van der Waals surface area contributed by atoms with Crippen molar-refractivity contribution >= 4 is 11.7 Å². The van der Waals surface area contributed by atoms with E-state index in [0.717, 1.165) is 32.5 Å². The van der Waals surface area contributed by atoms with E-state index in [4.69, 9.17) is 4.74 Å². The number of ether oxygens (including phenoxy) is 1. The van der Waals surface area contributed by atoms with Gasteiger partial charge in [0.1, 0.15) is 5.75 Å². The van der Waals surface area contributed by atoms with Crippen molar-refractivity contribution in [2.45, 2.75) is 32.4 Å². The highest BCUT2D eigenvalue weighted by Crippen LogP contribution is 2.15. The average Bonchev–Trinajstić information content (AvgIpc) is 2.69. The molecule has 2 aromatic carbocycles. The van der Waals surface area contributed by atoms with Gasteiger partial charge in [-0.2, -0.15) is 0 Å². The summed E-state index contributed by atoms with van der Waals surface area (Å²) in [5.74, 6) is 0.498. The molecule has 1 fully saturated rings. The van der Waals surface area contributed by atoms with Crippen molar-refractivity contribution in [1.82, 2.24) is 10.2 Å². The molecule has 0 aromatic heterocycles. The van der Waals surface area contributed by atoms with Crippen molar-refractivity contribution in [1.29, 1.82) is 0 Å². The second kappa shape index (κ2) is 9.33. The number of hydrogen-bond acceptors (Lipinski definition) is 4. The monoisotopic (exact) mass is 366 g/mol. The molecular weight excluding hydrogens is 340 g/mol. The summed E-state index contributed by atoms with van der Waals surface area (Å²) >= 11 is 0. The first-order valence-corrected chi connectivity index (χ1v) is 9.39. The van der Waals surface area contributed by atoms with E-state index in [-0.39, 0.29) is 24.3 Å². The van der Waals surface area contributed by atoms with Crippen LogP contribution in [-0.4, -0.2) is 42.3 Å². The lowest BCUT2D eigenvalue weighted by atomic mass is 10.0. The summed E-state index contributed by atoms with van der Waals surface area (Å²) in [7, 11) is 0. The fourth-order valence-corrected chi connectivity index (χ4v) is 3.28. The van der Waals surface area contributed by atoms with Crippen LogP contribution in [-0.2, 0) is 11.3 Å². The summed E-state index contributed by atoms with van der Waals surface area (Å²) in [5.41, 5.74) is 1.96. The van der Waals surface area contributed by atoms with Gasteiger partial charge < -0.3 is 10.1 Å². The maximum atomic E-state index is 12.1. The predicted molar refractivity (Wildman–Crippen MR) is 105 cm³/mol. The Morgan fingerprint density at radius 2 is 1.70 bits per heavy atom. The van der Waals surface area contributed by atoms with Gasteiger partial charge >= 0.3 is 0 Å². The Morgan fingerprint density at radius 1 is 1.04 bits per heavy atom. The number of carbonyl (C=O) groups is 2. The minimum absolute atomic E-state index is 0.0103. The van der Waals surface area contributed by atoms with Crippen LogP contribution in [0.2, 0.25) is 0 Å². The van der Waals surface area contributed by atoms with Crippen molar-refractivity contribution in [3.63, 3.8) is 0 Å². The maximum absolute atomic E-state index is 12.1. The van der Waals surface area contributed by atoms with Gasteiger partial charge in [-0.15, -0.1) is 0 Å². The lowest BCUT2D eigenvalue weighted by Crippen LogP contribution is -2.45. The van der Waals surface area contributed by atoms with Crippen LogP contribution in [0.4, 0.5) is 0 Å². The van der Waals surface area contributed by atoms with Crippen LogP contribution in [0.25, 0.3) is 0 Å². The lowest BCUT2D eigenvalue weighted by Gasteiger charge is -2.32. The van der Waals surface area contributed by atoms with Gasteiger partial charge in [-0.3, -0.25) is 14.5 Å². The number of likely N-dealkylation sites (tertiary alicyclic amines) is 1. The Kier molecular flexibility index (Phi) is 6.60. The Hall–Kier alpha value is -2.66. The first-order valence-electron chi connectivity index (χ1n) is 9.39. The van der Waals surface area contributed by atoms with E-state index in [1.165, 1.54) is 12.5 Å². The van der Waals surface area contributed by atoms with Crippen LogP contribution < -0.4 is 10.1 Å². The average molecular weight is 366 g/mol. The molecule has 0 saturated carbocycles. The van der Waals surface area contributed by atoms with E-state index in [0.29, 0.717) is 11.3 Å². The number of ketones is 1. The fourth-order valence-electron chi connectivity index (χ4n) is 3.28. The molecule has 0 bridgehead atoms. The molecule has 1 aliphatic heterocycles. The highest BCUT2D eigenvalue weighted by molar-refractivity contribution is 5.94. The number of nitrogens with one attached hydrogen (secondary N) is 1. The van der Waals surface area contributed by atoms with Crippen molar-refractivity contribution in [3.05, 3.63) is 65.7 Å². The molecule has 0 radical (unpaired) electrons. The summed E-state index contributed by atoms with van der Waals surface area (Å²) < 4.78 is 5.51. The molecule has 5 heteroatoms. The zero-order chi connectivity index (χ0) is 19.1. The Labute approximate surface area is 160 Å². The van der Waals surface area contributed by atoms with Crippen LogP contribution >= 0.6 is 0 Å². The van der Waals surface area contributed by atoms with Gasteiger partial charge in [-0.1, -0.05) is 30.3 Å². The number of carbonyl (C=O) groups excluding carboxylic acids is 2. The quantitative estimate of drug-likeness (QED) is 0.765. The summed E-state index contributed by atoms with van der Waals surface area (Å²) in [6.07, 6.45) is 1.90. The molecule has 5 nitrogen and oxygen atoms in total. The number of piperidine rings is 1. The van der Waals surface area contributed by atoms with E-state index in [9.17, 15) is 9.59 Å². The topological polar surface area (TPSA) is 58.6 Å². The molecule has 2 aromatic rings. The Balaban J connectivity index is 1.37. The van der Waals surface area contributed by atoms with Crippen LogP contribution in [0.1, 0.15) is 35.7 Å². The molecule has 1 N–H and O–H groups in total. The van der Waals surface area contributed by atoms with Gasteiger partial charge in [0.2, 0.25) is 0 Å². The number of nitrogens with zero attached hydrogens (tertiary/aromatic N) is 1. The molecule has 142 valence electrons. The second-order valence-electron chi connectivity index (χ2n) is 6.97. The SMILES string of the molecule is CC(=O)c1ccc(OCC(=O)NC2CCN(Cc3ccccc3)CC2)cc1. The van der Waals surface area contributed by atoms with Crippen LogP contribution in [0.15, 0.2) is 54.6 Å². The zero-order valence-electron chi connectivity index (χ0n) is 15.7. The lowest BCUT2D eigenvalue weighted by molar-refractivity contribution is -0.124. The Bertz CT molecular complexity index is 751. The predicted octanol–water partition coefficient (Wildman–Crippen LogP) is 3.05. The van der Waals surface area contributed by atoms with Gasteiger partial charge in [0.25, 0.3) is 5.91 Å². The van der Waals surface area contributed by atoms with Crippen molar-refractivity contribution in [2.24, 2.45) is 0 Å². The van der Waals surface area contributed by atoms with E-state index < -0.39 is 0 Å². The third-order valence-corrected chi connectivity index (χ3v) is 4.83. The standard InChI is InChI=1S/C22H26N2O3/c1-17(25)19-7-9-21(10-8-19)27-16-22(26)23-20-11-13-24(14-12-20)15-18-5-3-2-4-6-18/h2-10,20H,11-16H2,1H3,(H,23,26). The molecule has 1 amide bonds. The van der Waals surface area contributed by atoms with Crippen LogP contribution in [0, 0.1) is 0 Å². The van der Waals surface area contributed by atoms with E-state index in [1.54, 1.807) is 24.3 Å². The first kappa shape index (κ1) is 19.1. The van der Waals surface area contributed by atoms with Gasteiger partial charge in [-0.25, -0.2) is 0 Å². The zero-order valence-corrected chi connectivity index (χ0v) is 15.7. The third kappa shape index (κ3) is 5.93. The van der Waals surface area contributed by atoms with E-state index >= 15 is 0 Å². The van der Waals surface area contributed by atoms with Crippen molar-refractivity contribution in [3.8, 4) is 5.75 Å². The third-order valence-electron chi connectivity index (χ3n) is 4.83. The largest absolute Gasteiger partial charge is 0.484 e. The maximum Gasteiger partial charge on any atom is 0.258 e. The summed E-state index contributed by atoms with van der Waals surface area (Å²) in [5, 5.41) is 3.06. The van der Waals surface area contributed by atoms with Crippen LogP contribution in [0.5, 0.6) is 5.75 Å². The van der Waals surface area contributed by atoms with Crippen molar-refractivity contribution < 1.29 is 14.3 Å². The number of benzene rings is 2. The number of hydrogen-bond donors (Lipinski definition) is 1. The molecular formula is C22H26N2O3. The molecule has 3 rings (SSSR count). The molecule has 1 aliphatic rings. The molecule has 27 heavy (non-hydrogen) atoms. The number of amides is 1. The minimum Gasteiger partial charge on any atom is -0.484 e. The minimum atomic E-state index is -0.104. The fraction of sp³-hybridized carbons (Fsp3) is 0.364. The molecule has 1 saturated heterocycles. The molecule has 1 heterocycles. The Morgan fingerprint density at radius 3 is 2.33 bits per heavy atom. The second-order valence-corrected chi connectivity index (χ2v) is 6.97. The highest BCUT2D eigenvalue weighted by atomic mass is 16.5. The summed E-state index contributed by atoms with van der Waals surface area (Å²) in [4.78, 5) is 25.8. The number of rotatable bonds is 7. The smallest absolute Gasteiger partial charge is 0.258 e. The van der Waals surface area contributed by atoms with Crippen molar-refractivity contribution in [2.75, 3.05) is 19.7 Å². The number of Topliss-reactive ketones (excluding diaryl/α,β-unsaturated/α-hetero) is 1.